The summed E-state index contributed by atoms with van der Waals surface area (Å²) in [6.07, 6.45) is 4.02. The second-order valence-corrected chi connectivity index (χ2v) is 10.5. The summed E-state index contributed by atoms with van der Waals surface area (Å²) in [6.45, 7) is 3.35. The topological polar surface area (TPSA) is 75.0 Å². The Hall–Kier alpha value is -1.75. The molecule has 0 spiro atoms. The molecule has 0 N–H and O–H groups in total. The number of fused-ring (bicyclic) bond motifs is 1. The van der Waals surface area contributed by atoms with Gasteiger partial charge in [-0.1, -0.05) is 0 Å². The van der Waals surface area contributed by atoms with Gasteiger partial charge in [-0.2, -0.15) is 4.31 Å². The smallest absolute Gasteiger partial charge is 0.252 e. The molecule has 138 valence electrons. The van der Waals surface area contributed by atoms with Gasteiger partial charge in [0.15, 0.2) is 4.96 Å². The zero-order valence-electron chi connectivity index (χ0n) is 14.2. The van der Waals surface area contributed by atoms with E-state index >= 15 is 0 Å². The Bertz CT molecular complexity index is 1010. The molecular formula is C16H18N4O3S3. The van der Waals surface area contributed by atoms with Crippen molar-refractivity contribution in [2.75, 3.05) is 26.2 Å². The van der Waals surface area contributed by atoms with Crippen molar-refractivity contribution < 1.29 is 13.2 Å². The second-order valence-electron chi connectivity index (χ2n) is 6.15. The number of rotatable bonds is 4. The predicted molar refractivity (Wildman–Crippen MR) is 101 cm³/mol. The monoisotopic (exact) mass is 410 g/mol. The number of hydrogen-bond donors (Lipinski definition) is 0. The molecule has 10 heteroatoms. The third-order valence-electron chi connectivity index (χ3n) is 4.38. The average Bonchev–Trinajstić information content (AvgIpc) is 3.31. The first kappa shape index (κ1) is 17.7. The molecule has 0 aliphatic carbocycles. The van der Waals surface area contributed by atoms with Gasteiger partial charge in [0.25, 0.3) is 10.0 Å². The Morgan fingerprint density at radius 1 is 1.23 bits per heavy atom. The van der Waals surface area contributed by atoms with Crippen molar-refractivity contribution in [2.45, 2.75) is 17.6 Å². The van der Waals surface area contributed by atoms with Gasteiger partial charge >= 0.3 is 0 Å². The minimum absolute atomic E-state index is 0.0141. The van der Waals surface area contributed by atoms with E-state index in [1.807, 2.05) is 35.2 Å². The Morgan fingerprint density at radius 2 is 2.00 bits per heavy atom. The molecule has 0 atom stereocenters. The summed E-state index contributed by atoms with van der Waals surface area (Å²) >= 11 is 2.81. The minimum Gasteiger partial charge on any atom is -0.340 e. The number of carbonyl (C=O) groups excluding carboxylic acids is 1. The Kier molecular flexibility index (Phi) is 4.59. The Balaban J connectivity index is 1.38. The number of carbonyl (C=O) groups is 1. The van der Waals surface area contributed by atoms with Crippen molar-refractivity contribution in [1.82, 2.24) is 18.6 Å². The maximum Gasteiger partial charge on any atom is 0.252 e. The first-order valence-corrected chi connectivity index (χ1v) is 11.3. The highest BCUT2D eigenvalue weighted by Gasteiger charge is 2.31. The van der Waals surface area contributed by atoms with E-state index in [0.717, 1.165) is 15.5 Å². The van der Waals surface area contributed by atoms with Gasteiger partial charge < -0.3 is 4.90 Å². The fourth-order valence-corrected chi connectivity index (χ4v) is 6.56. The molecule has 0 unspecified atom stereocenters. The summed E-state index contributed by atoms with van der Waals surface area (Å²) < 4.78 is 29.1. The number of aryl methyl sites for hydroxylation is 1. The number of aromatic nitrogens is 2. The van der Waals surface area contributed by atoms with Crippen LogP contribution in [0.1, 0.15) is 10.6 Å². The second kappa shape index (κ2) is 6.76. The SMILES string of the molecule is Cc1ccc(S(=O)(=O)N2CCN(C(=O)Cc3cn4ccsc4n3)CC2)s1. The number of amides is 1. The van der Waals surface area contributed by atoms with Gasteiger partial charge in [0.2, 0.25) is 5.91 Å². The van der Waals surface area contributed by atoms with Crippen molar-refractivity contribution in [2.24, 2.45) is 0 Å². The van der Waals surface area contributed by atoms with Gasteiger partial charge in [-0.15, -0.1) is 22.7 Å². The van der Waals surface area contributed by atoms with Crippen LogP contribution in [-0.2, 0) is 21.2 Å². The van der Waals surface area contributed by atoms with Crippen molar-refractivity contribution in [3.8, 4) is 0 Å². The third kappa shape index (κ3) is 3.29. The molecular weight excluding hydrogens is 392 g/mol. The van der Waals surface area contributed by atoms with Crippen LogP contribution in [0.4, 0.5) is 0 Å². The summed E-state index contributed by atoms with van der Waals surface area (Å²) in [5.74, 6) is -0.0141. The molecule has 3 aromatic heterocycles. The van der Waals surface area contributed by atoms with Crippen LogP contribution in [0.15, 0.2) is 34.1 Å². The fraction of sp³-hybridized carbons (Fsp3) is 0.375. The van der Waals surface area contributed by atoms with E-state index in [2.05, 4.69) is 4.98 Å². The molecule has 7 nitrogen and oxygen atoms in total. The molecule has 0 bridgehead atoms. The average molecular weight is 411 g/mol. The predicted octanol–water partition coefficient (Wildman–Crippen LogP) is 1.84. The maximum atomic E-state index is 12.7. The summed E-state index contributed by atoms with van der Waals surface area (Å²) in [5, 5.41) is 1.95. The lowest BCUT2D eigenvalue weighted by Gasteiger charge is -2.33. The lowest BCUT2D eigenvalue weighted by atomic mass is 10.2. The Morgan fingerprint density at radius 3 is 2.65 bits per heavy atom. The Labute approximate surface area is 159 Å². The third-order valence-corrected chi connectivity index (χ3v) is 8.51. The van der Waals surface area contributed by atoms with Gasteiger partial charge in [0, 0.05) is 48.8 Å². The summed E-state index contributed by atoms with van der Waals surface area (Å²) in [5.41, 5.74) is 0.742. The van der Waals surface area contributed by atoms with Crippen molar-refractivity contribution >= 4 is 43.6 Å². The molecule has 0 saturated carbocycles. The number of piperazine rings is 1. The highest BCUT2D eigenvalue weighted by molar-refractivity contribution is 7.91. The van der Waals surface area contributed by atoms with Crippen LogP contribution in [-0.4, -0.2) is 59.1 Å². The van der Waals surface area contributed by atoms with E-state index in [1.54, 1.807) is 11.0 Å². The molecule has 1 aliphatic heterocycles. The quantitative estimate of drug-likeness (QED) is 0.658. The number of thiazole rings is 1. The molecule has 1 fully saturated rings. The summed E-state index contributed by atoms with van der Waals surface area (Å²) in [4.78, 5) is 20.5. The number of sulfonamides is 1. The number of imidazole rings is 1. The molecule has 0 aromatic carbocycles. The van der Waals surface area contributed by atoms with Crippen LogP contribution in [0, 0.1) is 6.92 Å². The van der Waals surface area contributed by atoms with E-state index in [0.29, 0.717) is 30.4 Å². The normalized spacial score (nSPS) is 16.4. The van der Waals surface area contributed by atoms with Gasteiger partial charge in [0.05, 0.1) is 12.1 Å². The lowest BCUT2D eigenvalue weighted by molar-refractivity contribution is -0.131. The van der Waals surface area contributed by atoms with Gasteiger partial charge in [0.1, 0.15) is 4.21 Å². The molecule has 1 aliphatic rings. The molecule has 4 rings (SSSR count). The standard InChI is InChI=1S/C16H18N4O3S3/c1-12-2-3-15(25-12)26(22,23)20-6-4-18(5-7-20)14(21)10-13-11-19-8-9-24-16(19)17-13/h2-3,8-9,11H,4-7,10H2,1H3. The number of nitrogens with zero attached hydrogens (tertiary/aromatic N) is 4. The van der Waals surface area contributed by atoms with Crippen LogP contribution >= 0.6 is 22.7 Å². The minimum atomic E-state index is -3.46. The molecule has 0 radical (unpaired) electrons. The van der Waals surface area contributed by atoms with Gasteiger partial charge in [-0.05, 0) is 19.1 Å². The largest absolute Gasteiger partial charge is 0.340 e. The lowest BCUT2D eigenvalue weighted by Crippen LogP contribution is -2.50. The van der Waals surface area contributed by atoms with Crippen LogP contribution in [0.25, 0.3) is 4.96 Å². The highest BCUT2D eigenvalue weighted by Crippen LogP contribution is 2.25. The summed E-state index contributed by atoms with van der Waals surface area (Å²) in [6, 6.07) is 3.46. The van der Waals surface area contributed by atoms with Crippen molar-refractivity contribution in [3.05, 3.63) is 40.5 Å². The van der Waals surface area contributed by atoms with Crippen molar-refractivity contribution in [3.63, 3.8) is 0 Å². The van der Waals surface area contributed by atoms with E-state index in [4.69, 9.17) is 0 Å². The zero-order chi connectivity index (χ0) is 18.3. The van der Waals surface area contributed by atoms with Crippen molar-refractivity contribution in [1.29, 1.82) is 0 Å². The van der Waals surface area contributed by atoms with Crippen LogP contribution < -0.4 is 0 Å². The highest BCUT2D eigenvalue weighted by atomic mass is 32.2. The van der Waals surface area contributed by atoms with Gasteiger partial charge in [-0.3, -0.25) is 9.20 Å². The van der Waals surface area contributed by atoms with Crippen LogP contribution in [0.2, 0.25) is 0 Å². The first-order valence-electron chi connectivity index (χ1n) is 8.19. The molecule has 3 aromatic rings. The van der Waals surface area contributed by atoms with Crippen LogP contribution in [0.3, 0.4) is 0 Å². The van der Waals surface area contributed by atoms with Crippen LogP contribution in [0.5, 0.6) is 0 Å². The number of hydrogen-bond acceptors (Lipinski definition) is 6. The van der Waals surface area contributed by atoms with E-state index in [1.165, 1.54) is 27.0 Å². The molecule has 1 saturated heterocycles. The molecule has 4 heterocycles. The zero-order valence-corrected chi connectivity index (χ0v) is 16.6. The molecule has 26 heavy (non-hydrogen) atoms. The van der Waals surface area contributed by atoms with Gasteiger partial charge in [-0.25, -0.2) is 13.4 Å². The number of thiophene rings is 1. The molecule has 1 amide bonds. The van der Waals surface area contributed by atoms with E-state index in [-0.39, 0.29) is 12.3 Å². The van der Waals surface area contributed by atoms with E-state index < -0.39 is 10.0 Å². The summed E-state index contributed by atoms with van der Waals surface area (Å²) in [7, 11) is -3.46. The first-order chi connectivity index (χ1) is 12.4. The van der Waals surface area contributed by atoms with E-state index in [9.17, 15) is 13.2 Å². The fourth-order valence-electron chi connectivity index (χ4n) is 2.98. The maximum absolute atomic E-state index is 12.7.